The highest BCUT2D eigenvalue weighted by atomic mass is 32.2. The molecule has 1 aliphatic rings. The number of para-hydroxylation sites is 1. The molecule has 2 N–H and O–H groups in total. The topological polar surface area (TPSA) is 80.3 Å². The van der Waals surface area contributed by atoms with E-state index in [1.54, 1.807) is 6.07 Å². The van der Waals surface area contributed by atoms with E-state index in [-0.39, 0.29) is 4.90 Å². The van der Waals surface area contributed by atoms with E-state index in [1.165, 1.54) is 57.5 Å². The van der Waals surface area contributed by atoms with Crippen LogP contribution < -0.4 is 14.8 Å². The van der Waals surface area contributed by atoms with E-state index in [0.717, 1.165) is 11.5 Å². The summed E-state index contributed by atoms with van der Waals surface area (Å²) in [5.41, 5.74) is 1.50. The molecule has 1 aliphatic carbocycles. The van der Waals surface area contributed by atoms with Gasteiger partial charge in [0.15, 0.2) is 0 Å². The van der Waals surface area contributed by atoms with Gasteiger partial charge in [0.2, 0.25) is 5.88 Å². The maximum atomic E-state index is 12.7. The molecule has 3 rings (SSSR count). The fourth-order valence-corrected chi connectivity index (χ4v) is 4.78. The molecule has 1 fully saturated rings. The second kappa shape index (κ2) is 9.39. The molecule has 1 aromatic carbocycles. The summed E-state index contributed by atoms with van der Waals surface area (Å²) in [6, 6.07) is 10.9. The third-order valence-corrected chi connectivity index (χ3v) is 6.64. The van der Waals surface area contributed by atoms with Crippen LogP contribution in [0.15, 0.2) is 47.5 Å². The first-order valence-electron chi connectivity index (χ1n) is 9.82. The van der Waals surface area contributed by atoms with E-state index in [1.807, 2.05) is 18.2 Å². The predicted octanol–water partition coefficient (Wildman–Crippen LogP) is 3.95. The minimum absolute atomic E-state index is 0.102. The Labute approximate surface area is 167 Å². The zero-order chi connectivity index (χ0) is 20.0. The van der Waals surface area contributed by atoms with Gasteiger partial charge in [0, 0.05) is 18.7 Å². The Morgan fingerprint density at radius 1 is 1.18 bits per heavy atom. The predicted molar refractivity (Wildman–Crippen MR) is 111 cm³/mol. The maximum Gasteiger partial charge on any atom is 0.263 e. The molecule has 2 aromatic rings. The molecule has 0 radical (unpaired) electrons. The molecule has 1 saturated carbocycles. The zero-order valence-electron chi connectivity index (χ0n) is 16.5. The number of anilines is 1. The average molecular weight is 404 g/mol. The number of hydrogen-bond donors (Lipinski definition) is 2. The SMILES string of the molecule is COc1ccc(S(=O)(=O)Nc2ccccc2CN[C@@H](C)CC2CCCC2)cn1. The zero-order valence-corrected chi connectivity index (χ0v) is 17.3. The second-order valence-corrected chi connectivity index (χ2v) is 9.15. The van der Waals surface area contributed by atoms with Crippen LogP contribution in [0.25, 0.3) is 0 Å². The van der Waals surface area contributed by atoms with E-state index >= 15 is 0 Å². The molecule has 1 aromatic heterocycles. The van der Waals surface area contributed by atoms with Gasteiger partial charge in [0.05, 0.1) is 19.0 Å². The van der Waals surface area contributed by atoms with Crippen LogP contribution in [0, 0.1) is 5.92 Å². The number of ether oxygens (including phenoxy) is 1. The Balaban J connectivity index is 1.65. The van der Waals surface area contributed by atoms with Gasteiger partial charge in [0.25, 0.3) is 10.0 Å². The monoisotopic (exact) mass is 403 g/mol. The molecule has 0 aliphatic heterocycles. The van der Waals surface area contributed by atoms with Gasteiger partial charge >= 0.3 is 0 Å². The van der Waals surface area contributed by atoms with Crippen molar-refractivity contribution < 1.29 is 13.2 Å². The van der Waals surface area contributed by atoms with Gasteiger partial charge in [0.1, 0.15) is 4.90 Å². The van der Waals surface area contributed by atoms with Crippen molar-refractivity contribution in [3.05, 3.63) is 48.2 Å². The van der Waals surface area contributed by atoms with Crippen molar-refractivity contribution in [2.45, 2.75) is 56.5 Å². The number of rotatable bonds is 9. The van der Waals surface area contributed by atoms with Crippen molar-refractivity contribution in [1.29, 1.82) is 0 Å². The first-order valence-corrected chi connectivity index (χ1v) is 11.3. The molecule has 0 unspecified atom stereocenters. The van der Waals surface area contributed by atoms with Crippen molar-refractivity contribution >= 4 is 15.7 Å². The molecule has 28 heavy (non-hydrogen) atoms. The van der Waals surface area contributed by atoms with Gasteiger partial charge < -0.3 is 10.1 Å². The molecule has 0 saturated heterocycles. The van der Waals surface area contributed by atoms with Crippen molar-refractivity contribution in [1.82, 2.24) is 10.3 Å². The lowest BCUT2D eigenvalue weighted by Crippen LogP contribution is -2.28. The number of aromatic nitrogens is 1. The van der Waals surface area contributed by atoms with E-state index in [4.69, 9.17) is 4.74 Å². The van der Waals surface area contributed by atoms with Crippen molar-refractivity contribution in [3.63, 3.8) is 0 Å². The molecule has 0 spiro atoms. The number of sulfonamides is 1. The Bertz CT molecular complexity index is 863. The number of methoxy groups -OCH3 is 1. The third kappa shape index (κ3) is 5.45. The lowest BCUT2D eigenvalue weighted by molar-refractivity contribution is 0.397. The first-order chi connectivity index (χ1) is 13.5. The van der Waals surface area contributed by atoms with Crippen LogP contribution in [-0.2, 0) is 16.6 Å². The summed E-state index contributed by atoms with van der Waals surface area (Å²) >= 11 is 0. The van der Waals surface area contributed by atoms with Crippen molar-refractivity contribution in [2.24, 2.45) is 5.92 Å². The highest BCUT2D eigenvalue weighted by molar-refractivity contribution is 7.92. The number of nitrogens with one attached hydrogen (secondary N) is 2. The Kier molecular flexibility index (Phi) is 6.91. The molecular weight excluding hydrogens is 374 g/mol. The smallest absolute Gasteiger partial charge is 0.263 e. The molecule has 1 heterocycles. The molecule has 152 valence electrons. The Hall–Kier alpha value is -2.12. The molecule has 0 bridgehead atoms. The lowest BCUT2D eigenvalue weighted by atomic mass is 9.99. The summed E-state index contributed by atoms with van der Waals surface area (Å²) in [6.45, 7) is 2.82. The fourth-order valence-electron chi connectivity index (χ4n) is 3.74. The van der Waals surface area contributed by atoms with E-state index < -0.39 is 10.0 Å². The Morgan fingerprint density at radius 2 is 1.93 bits per heavy atom. The van der Waals surface area contributed by atoms with E-state index in [2.05, 4.69) is 21.9 Å². The minimum atomic E-state index is -3.71. The summed E-state index contributed by atoms with van der Waals surface area (Å²) in [4.78, 5) is 4.08. The molecule has 0 amide bonds. The van der Waals surface area contributed by atoms with Crippen LogP contribution >= 0.6 is 0 Å². The third-order valence-electron chi connectivity index (χ3n) is 5.29. The summed E-state index contributed by atoms with van der Waals surface area (Å²) < 4.78 is 33.1. The van der Waals surface area contributed by atoms with Crippen LogP contribution in [0.5, 0.6) is 5.88 Å². The molecule has 6 nitrogen and oxygen atoms in total. The van der Waals surface area contributed by atoms with Gasteiger partial charge in [-0.05, 0) is 37.0 Å². The first kappa shape index (κ1) is 20.6. The number of benzene rings is 1. The average Bonchev–Trinajstić information content (AvgIpc) is 3.20. The second-order valence-electron chi connectivity index (χ2n) is 7.47. The summed E-state index contributed by atoms with van der Waals surface area (Å²) in [6.07, 6.45) is 7.83. The summed E-state index contributed by atoms with van der Waals surface area (Å²) in [5.74, 6) is 1.19. The van der Waals surface area contributed by atoms with Gasteiger partial charge in [-0.15, -0.1) is 0 Å². The quantitative estimate of drug-likeness (QED) is 0.663. The van der Waals surface area contributed by atoms with Gasteiger partial charge in [-0.1, -0.05) is 43.9 Å². The van der Waals surface area contributed by atoms with Crippen LogP contribution in [0.2, 0.25) is 0 Å². The molecular formula is C21H29N3O3S. The van der Waals surface area contributed by atoms with Crippen molar-refractivity contribution in [3.8, 4) is 5.88 Å². The molecule has 7 heteroatoms. The normalized spacial score (nSPS) is 16.1. The van der Waals surface area contributed by atoms with Gasteiger partial charge in [-0.2, -0.15) is 0 Å². The van der Waals surface area contributed by atoms with Crippen LogP contribution in [-0.4, -0.2) is 26.6 Å². The highest BCUT2D eigenvalue weighted by Crippen LogP contribution is 2.28. The highest BCUT2D eigenvalue weighted by Gasteiger charge is 2.19. The van der Waals surface area contributed by atoms with Crippen LogP contribution in [0.1, 0.15) is 44.6 Å². The summed E-state index contributed by atoms with van der Waals surface area (Å²) in [5, 5.41) is 3.54. The van der Waals surface area contributed by atoms with E-state index in [0.29, 0.717) is 24.2 Å². The lowest BCUT2D eigenvalue weighted by Gasteiger charge is -2.19. The van der Waals surface area contributed by atoms with Crippen LogP contribution in [0.3, 0.4) is 0 Å². The largest absolute Gasteiger partial charge is 0.481 e. The van der Waals surface area contributed by atoms with Gasteiger partial charge in [-0.3, -0.25) is 4.72 Å². The number of pyridine rings is 1. The Morgan fingerprint density at radius 3 is 2.61 bits per heavy atom. The van der Waals surface area contributed by atoms with E-state index in [9.17, 15) is 8.42 Å². The molecule has 1 atom stereocenters. The fraction of sp³-hybridized carbons (Fsp3) is 0.476. The van der Waals surface area contributed by atoms with Crippen molar-refractivity contribution in [2.75, 3.05) is 11.8 Å². The number of hydrogen-bond acceptors (Lipinski definition) is 5. The van der Waals surface area contributed by atoms with Gasteiger partial charge in [-0.25, -0.2) is 13.4 Å². The summed E-state index contributed by atoms with van der Waals surface area (Å²) in [7, 11) is -2.22. The maximum absolute atomic E-state index is 12.7. The minimum Gasteiger partial charge on any atom is -0.481 e. The standard InChI is InChI=1S/C21H29N3O3S/c1-16(13-17-7-3-4-8-17)22-14-18-9-5-6-10-20(18)24-28(25,26)19-11-12-21(27-2)23-15-19/h5-6,9-12,15-17,22,24H,3-4,7-8,13-14H2,1-2H3/t16-/m0/s1. The number of nitrogens with zero attached hydrogens (tertiary/aromatic N) is 1. The van der Waals surface area contributed by atoms with Crippen LogP contribution in [0.4, 0.5) is 5.69 Å².